The van der Waals surface area contributed by atoms with Crippen molar-refractivity contribution in [2.24, 2.45) is 5.18 Å². The minimum absolute atomic E-state index is 0.365. The quantitative estimate of drug-likeness (QED) is 0.387. The molecule has 0 atom stereocenters. The van der Waals surface area contributed by atoms with Gasteiger partial charge in [0.1, 0.15) is 18.8 Å². The first-order chi connectivity index (χ1) is 7.29. The monoisotopic (exact) mass is 207 g/mol. The second-order valence-corrected chi connectivity index (χ2v) is 2.96. The van der Waals surface area contributed by atoms with Gasteiger partial charge < -0.3 is 14.5 Å². The Hall–Kier alpha value is -1.80. The summed E-state index contributed by atoms with van der Waals surface area (Å²) in [5, 5.41) is 2.74. The third kappa shape index (κ3) is 3.11. The zero-order valence-electron chi connectivity index (χ0n) is 8.59. The van der Waals surface area contributed by atoms with E-state index in [1.807, 2.05) is 19.4 Å². The van der Waals surface area contributed by atoms with E-state index < -0.39 is 0 Å². The third-order valence-corrected chi connectivity index (χ3v) is 1.92. The van der Waals surface area contributed by atoms with Gasteiger partial charge in [0.05, 0.1) is 6.61 Å². The Balaban J connectivity index is 2.41. The molecule has 0 aromatic carbocycles. The number of ether oxygens (including phenoxy) is 1. The Labute approximate surface area is 89.0 Å². The second-order valence-electron chi connectivity index (χ2n) is 2.96. The number of terminal acetylenes is 1. The molecule has 80 valence electrons. The van der Waals surface area contributed by atoms with E-state index in [9.17, 15) is 4.91 Å². The molecule has 0 N–H and O–H groups in total. The van der Waals surface area contributed by atoms with E-state index in [0.717, 1.165) is 0 Å². The number of hydrogen-bond donors (Lipinski definition) is 0. The highest BCUT2D eigenvalue weighted by molar-refractivity contribution is 5.12. The largest absolute Gasteiger partial charge is 0.360 e. The molecule has 1 rings (SSSR count). The van der Waals surface area contributed by atoms with Crippen LogP contribution in [0.5, 0.6) is 0 Å². The smallest absolute Gasteiger partial charge is 0.136 e. The van der Waals surface area contributed by atoms with E-state index in [4.69, 9.17) is 11.2 Å². The normalized spacial score (nSPS) is 17.2. The van der Waals surface area contributed by atoms with Crippen LogP contribution in [0, 0.1) is 17.3 Å². The summed E-state index contributed by atoms with van der Waals surface area (Å²) in [7, 11) is 1.83. The van der Waals surface area contributed by atoms with E-state index in [2.05, 4.69) is 11.1 Å². The maximum atomic E-state index is 10.2. The molecular weight excluding hydrogens is 194 g/mol. The van der Waals surface area contributed by atoms with Gasteiger partial charge in [-0.2, -0.15) is 0 Å². The van der Waals surface area contributed by atoms with Crippen LogP contribution in [0.4, 0.5) is 0 Å². The lowest BCUT2D eigenvalue weighted by molar-refractivity contribution is 0.0693. The number of hydrogen-bond acceptors (Lipinski definition) is 5. The summed E-state index contributed by atoms with van der Waals surface area (Å²) in [5.41, 5.74) is 0. The Bertz CT molecular complexity index is 317. The lowest BCUT2D eigenvalue weighted by atomic mass is 10.5. The average molecular weight is 207 g/mol. The standard InChI is InChI=1S/C10H13N3O2/c1-3-4-7-15-9-13-6-5-12(2)10(13)8-11-14/h1,5-6,8H,4,7,9H2,2H3/b10-8-. The van der Waals surface area contributed by atoms with Crippen molar-refractivity contribution >= 4 is 0 Å². The molecule has 1 aliphatic rings. The zero-order chi connectivity index (χ0) is 11.1. The molecule has 0 aromatic rings. The van der Waals surface area contributed by atoms with Crippen molar-refractivity contribution in [3.8, 4) is 12.3 Å². The fourth-order valence-corrected chi connectivity index (χ4v) is 1.15. The SMILES string of the molecule is C#CCCOCN1C=CN(C)/C1=C/N=O. The summed E-state index contributed by atoms with van der Waals surface area (Å²) in [6.07, 6.45) is 10.5. The molecular formula is C10H13N3O2. The van der Waals surface area contributed by atoms with E-state index in [1.54, 1.807) is 9.80 Å². The minimum Gasteiger partial charge on any atom is -0.360 e. The highest BCUT2D eigenvalue weighted by atomic mass is 16.5. The zero-order valence-corrected chi connectivity index (χ0v) is 8.59. The molecule has 0 amide bonds. The predicted molar refractivity (Wildman–Crippen MR) is 56.9 cm³/mol. The molecule has 1 heterocycles. The van der Waals surface area contributed by atoms with Crippen LogP contribution >= 0.6 is 0 Å². The van der Waals surface area contributed by atoms with Crippen molar-refractivity contribution in [1.29, 1.82) is 0 Å². The molecule has 0 spiro atoms. The number of nitrogens with zero attached hydrogens (tertiary/aromatic N) is 3. The first-order valence-corrected chi connectivity index (χ1v) is 4.51. The lowest BCUT2D eigenvalue weighted by Crippen LogP contribution is -2.22. The molecule has 0 radical (unpaired) electrons. The van der Waals surface area contributed by atoms with Crippen molar-refractivity contribution in [1.82, 2.24) is 9.80 Å². The lowest BCUT2D eigenvalue weighted by Gasteiger charge is -2.20. The second kappa shape index (κ2) is 5.83. The Morgan fingerprint density at radius 2 is 2.47 bits per heavy atom. The summed E-state index contributed by atoms with van der Waals surface area (Å²) in [6.45, 7) is 0.871. The van der Waals surface area contributed by atoms with Gasteiger partial charge in [0.15, 0.2) is 0 Å². The molecule has 0 aromatic heterocycles. The predicted octanol–water partition coefficient (Wildman–Crippen LogP) is 1.27. The number of rotatable bonds is 5. The van der Waals surface area contributed by atoms with Crippen LogP contribution in [0.25, 0.3) is 0 Å². The van der Waals surface area contributed by atoms with Gasteiger partial charge in [0.2, 0.25) is 0 Å². The van der Waals surface area contributed by atoms with Gasteiger partial charge >= 0.3 is 0 Å². The molecule has 5 nitrogen and oxygen atoms in total. The fourth-order valence-electron chi connectivity index (χ4n) is 1.15. The molecule has 1 aliphatic heterocycles. The summed E-state index contributed by atoms with van der Waals surface area (Å²) >= 11 is 0. The molecule has 5 heteroatoms. The molecule has 15 heavy (non-hydrogen) atoms. The third-order valence-electron chi connectivity index (χ3n) is 1.92. The molecule has 0 aliphatic carbocycles. The van der Waals surface area contributed by atoms with E-state index >= 15 is 0 Å². The van der Waals surface area contributed by atoms with Crippen LogP contribution in [-0.2, 0) is 4.74 Å². The van der Waals surface area contributed by atoms with Crippen molar-refractivity contribution in [2.75, 3.05) is 20.4 Å². The van der Waals surface area contributed by atoms with Gasteiger partial charge in [-0.05, 0) is 5.18 Å². The van der Waals surface area contributed by atoms with Gasteiger partial charge in [0, 0.05) is 25.9 Å². The highest BCUT2D eigenvalue weighted by Gasteiger charge is 2.16. The summed E-state index contributed by atoms with van der Waals surface area (Å²) in [6, 6.07) is 0. The van der Waals surface area contributed by atoms with Crippen molar-refractivity contribution in [3.05, 3.63) is 29.3 Å². The van der Waals surface area contributed by atoms with E-state index in [-0.39, 0.29) is 0 Å². The first-order valence-electron chi connectivity index (χ1n) is 4.51. The van der Waals surface area contributed by atoms with Crippen LogP contribution in [-0.4, -0.2) is 30.2 Å². The van der Waals surface area contributed by atoms with Gasteiger partial charge in [-0.15, -0.1) is 17.3 Å². The Morgan fingerprint density at radius 3 is 3.13 bits per heavy atom. The Kier molecular flexibility index (Phi) is 4.38. The maximum Gasteiger partial charge on any atom is 0.136 e. The van der Waals surface area contributed by atoms with Gasteiger partial charge in [-0.1, -0.05) is 0 Å². The van der Waals surface area contributed by atoms with Gasteiger partial charge in [-0.25, -0.2) is 0 Å². The van der Waals surface area contributed by atoms with Gasteiger partial charge in [-0.3, -0.25) is 0 Å². The minimum atomic E-state index is 0.365. The topological polar surface area (TPSA) is 45.1 Å². The van der Waals surface area contributed by atoms with Crippen LogP contribution in [0.2, 0.25) is 0 Å². The molecule has 0 saturated heterocycles. The van der Waals surface area contributed by atoms with Gasteiger partial charge in [0.25, 0.3) is 0 Å². The van der Waals surface area contributed by atoms with Crippen molar-refractivity contribution < 1.29 is 4.74 Å². The summed E-state index contributed by atoms with van der Waals surface area (Å²) < 4.78 is 5.30. The molecule has 0 saturated carbocycles. The maximum absolute atomic E-state index is 10.2. The van der Waals surface area contributed by atoms with Crippen LogP contribution < -0.4 is 0 Å². The molecule has 0 fully saturated rings. The summed E-state index contributed by atoms with van der Waals surface area (Å²) in [5.74, 6) is 3.17. The van der Waals surface area contributed by atoms with Crippen molar-refractivity contribution in [3.63, 3.8) is 0 Å². The van der Waals surface area contributed by atoms with Crippen LogP contribution in [0.15, 0.2) is 29.6 Å². The van der Waals surface area contributed by atoms with E-state index in [0.29, 0.717) is 25.6 Å². The first kappa shape index (κ1) is 11.3. The van der Waals surface area contributed by atoms with Crippen LogP contribution in [0.1, 0.15) is 6.42 Å². The molecule has 0 bridgehead atoms. The highest BCUT2D eigenvalue weighted by Crippen LogP contribution is 2.17. The molecule has 0 unspecified atom stereocenters. The van der Waals surface area contributed by atoms with E-state index in [1.165, 1.54) is 6.20 Å². The van der Waals surface area contributed by atoms with Crippen LogP contribution in [0.3, 0.4) is 0 Å². The number of nitroso groups, excluding NO2 is 1. The Morgan fingerprint density at radius 1 is 1.67 bits per heavy atom. The van der Waals surface area contributed by atoms with Crippen molar-refractivity contribution in [2.45, 2.75) is 6.42 Å². The average Bonchev–Trinajstić information content (AvgIpc) is 2.57. The fraction of sp³-hybridized carbons (Fsp3) is 0.400. The summed E-state index contributed by atoms with van der Waals surface area (Å²) in [4.78, 5) is 13.7.